The number of rotatable bonds is 7. The summed E-state index contributed by atoms with van der Waals surface area (Å²) in [6.07, 6.45) is 6.01. The molecule has 2 aliphatic rings. The maximum Gasteiger partial charge on any atom is 0.336 e. The molecule has 2 unspecified atom stereocenters. The molecule has 0 radical (unpaired) electrons. The van der Waals surface area contributed by atoms with Crippen LogP contribution in [0.2, 0.25) is 0 Å². The van der Waals surface area contributed by atoms with E-state index in [1.54, 1.807) is 0 Å². The number of aliphatic hydroxyl groups is 1. The van der Waals surface area contributed by atoms with Crippen LogP contribution < -0.4 is 0 Å². The highest BCUT2D eigenvalue weighted by Crippen LogP contribution is 2.44. The topological polar surface area (TPSA) is 55.8 Å². The summed E-state index contributed by atoms with van der Waals surface area (Å²) in [6, 6.07) is 10.2. The lowest BCUT2D eigenvalue weighted by Gasteiger charge is -2.22. The van der Waals surface area contributed by atoms with Crippen LogP contribution in [0.25, 0.3) is 0 Å². The fraction of sp³-hybridized carbons (Fsp3) is 0.500. The molecule has 0 amide bonds. The first-order valence-corrected chi connectivity index (χ1v) is 10.1. The van der Waals surface area contributed by atoms with Gasteiger partial charge in [0.25, 0.3) is 0 Å². The quantitative estimate of drug-likeness (QED) is 0.343. The van der Waals surface area contributed by atoms with Gasteiger partial charge in [-0.25, -0.2) is 0 Å². The molecule has 0 aromatic heterocycles. The van der Waals surface area contributed by atoms with Crippen LogP contribution in [0.1, 0.15) is 24.8 Å². The van der Waals surface area contributed by atoms with Crippen LogP contribution in [0.4, 0.5) is 0 Å². The van der Waals surface area contributed by atoms with Crippen LogP contribution >= 0.6 is 18.2 Å². The molecule has 0 spiro atoms. The van der Waals surface area contributed by atoms with Crippen molar-refractivity contribution >= 4 is 30.6 Å². The molecule has 1 N–H and O–H groups in total. The minimum Gasteiger partial charge on any atom is -0.462 e. The van der Waals surface area contributed by atoms with E-state index in [-0.39, 0.29) is 36.4 Å². The lowest BCUT2D eigenvalue weighted by molar-refractivity contribution is -0.141. The maximum atomic E-state index is 11.6. The third-order valence-corrected chi connectivity index (χ3v) is 5.32. The zero-order valence-corrected chi connectivity index (χ0v) is 16.5. The average molecular weight is 378 g/mol. The molecule has 1 aromatic rings. The summed E-state index contributed by atoms with van der Waals surface area (Å²) in [4.78, 5) is 11.6. The van der Waals surface area contributed by atoms with E-state index >= 15 is 0 Å². The number of hydrogen-bond acceptors (Lipinski definition) is 4. The summed E-state index contributed by atoms with van der Waals surface area (Å²) in [5.74, 6) is 0.139. The van der Waals surface area contributed by atoms with Gasteiger partial charge in [-0.15, -0.1) is 18.2 Å². The van der Waals surface area contributed by atoms with Gasteiger partial charge >= 0.3 is 12.3 Å². The number of aryl methyl sites for hydroxylation is 1. The van der Waals surface area contributed by atoms with Gasteiger partial charge in [0.1, 0.15) is 6.10 Å². The van der Waals surface area contributed by atoms with Crippen molar-refractivity contribution in [3.63, 3.8) is 0 Å². The molecular weight excluding hydrogens is 353 g/mol. The van der Waals surface area contributed by atoms with Gasteiger partial charge in [-0.3, -0.25) is 4.79 Å². The van der Waals surface area contributed by atoms with E-state index in [0.717, 1.165) is 12.8 Å². The minimum absolute atomic E-state index is 0.0145. The molecule has 4 nitrogen and oxygen atoms in total. The molecule has 134 valence electrons. The molecule has 7 heteroatoms. The number of benzene rings is 1. The van der Waals surface area contributed by atoms with Gasteiger partial charge < -0.3 is 14.5 Å². The Bertz CT molecular complexity index is 610. The van der Waals surface area contributed by atoms with Gasteiger partial charge in [0.15, 0.2) is 0 Å². The van der Waals surface area contributed by atoms with Crippen LogP contribution in [-0.2, 0) is 20.6 Å². The Labute approximate surface area is 154 Å². The zero-order chi connectivity index (χ0) is 17.8. The molecule has 2 fully saturated rings. The Balaban J connectivity index is 1.59. The third-order valence-electron chi connectivity index (χ3n) is 5.01. The molecule has 7 atom stereocenters. The summed E-state index contributed by atoms with van der Waals surface area (Å²) >= 11 is 0. The van der Waals surface area contributed by atoms with E-state index in [1.807, 2.05) is 30.4 Å². The fourth-order valence-electron chi connectivity index (χ4n) is 3.82. The van der Waals surface area contributed by atoms with Gasteiger partial charge in [0.05, 0.1) is 18.6 Å². The Hall–Kier alpha value is -0.725. The molecular formula is C18H25BO4P2. The minimum atomic E-state index is -0.499. The van der Waals surface area contributed by atoms with Crippen molar-refractivity contribution in [2.45, 2.75) is 44.0 Å². The largest absolute Gasteiger partial charge is 0.462 e. The highest BCUT2D eigenvalue weighted by molar-refractivity contribution is 7.92. The molecule has 1 saturated heterocycles. The summed E-state index contributed by atoms with van der Waals surface area (Å²) in [6.45, 7) is 0. The highest BCUT2D eigenvalue weighted by Gasteiger charge is 2.49. The van der Waals surface area contributed by atoms with E-state index < -0.39 is 6.10 Å². The SMILES string of the molecule is O=C1C[C@@H]2[C@@H](/C=C/[C@H](O)CCc3ccccc3)[C@H](OB(P)P)C[C@@H]2O1. The second kappa shape index (κ2) is 8.78. The van der Waals surface area contributed by atoms with Gasteiger partial charge in [0, 0.05) is 18.3 Å². The predicted octanol–water partition coefficient (Wildman–Crippen LogP) is 2.61. The van der Waals surface area contributed by atoms with Gasteiger partial charge in [-0.05, 0) is 18.4 Å². The van der Waals surface area contributed by atoms with Gasteiger partial charge in [-0.1, -0.05) is 42.5 Å². The smallest absolute Gasteiger partial charge is 0.336 e. The van der Waals surface area contributed by atoms with Crippen molar-refractivity contribution < 1.29 is 19.3 Å². The highest BCUT2D eigenvalue weighted by atomic mass is 31.1. The van der Waals surface area contributed by atoms with Crippen LogP contribution in [0.3, 0.4) is 0 Å². The Morgan fingerprint density at radius 2 is 2.12 bits per heavy atom. The maximum absolute atomic E-state index is 11.6. The molecule has 0 bridgehead atoms. The van der Waals surface area contributed by atoms with Crippen LogP contribution in [-0.4, -0.2) is 35.7 Å². The third kappa shape index (κ3) is 5.14. The fourth-order valence-corrected chi connectivity index (χ4v) is 4.23. The predicted molar refractivity (Wildman–Crippen MR) is 106 cm³/mol. The molecule has 1 aromatic carbocycles. The molecule has 25 heavy (non-hydrogen) atoms. The van der Waals surface area contributed by atoms with Gasteiger partial charge in [0.2, 0.25) is 0 Å². The first-order chi connectivity index (χ1) is 12.0. The van der Waals surface area contributed by atoms with E-state index in [2.05, 4.69) is 30.4 Å². The van der Waals surface area contributed by atoms with Crippen molar-refractivity contribution in [1.29, 1.82) is 0 Å². The monoisotopic (exact) mass is 378 g/mol. The summed E-state index contributed by atoms with van der Waals surface area (Å²) in [5, 5.41) is 10.3. The van der Waals surface area contributed by atoms with Crippen molar-refractivity contribution in [3.8, 4) is 0 Å². The molecule has 1 aliphatic heterocycles. The Morgan fingerprint density at radius 1 is 1.36 bits per heavy atom. The second-order valence-electron chi connectivity index (χ2n) is 6.83. The van der Waals surface area contributed by atoms with Crippen molar-refractivity contribution in [3.05, 3.63) is 48.0 Å². The van der Waals surface area contributed by atoms with E-state index in [4.69, 9.17) is 9.39 Å². The number of fused-ring (bicyclic) bond motifs is 1. The molecule has 1 saturated carbocycles. The normalized spacial score (nSPS) is 29.6. The Kier molecular flexibility index (Phi) is 6.69. The standard InChI is InChI=1S/C18H25BO4P2/c20-13(7-6-12-4-2-1-3-5-12)8-9-14-15-10-18(21)22-16(15)11-17(14)23-19(24)25/h1-5,8-9,13-17,20H,6-7,10-11,24-25H2/b9-8+/t13-,14-,15-,16+,17-/m1/s1. The van der Waals surface area contributed by atoms with E-state index in [9.17, 15) is 9.90 Å². The van der Waals surface area contributed by atoms with Crippen LogP contribution in [0, 0.1) is 11.8 Å². The molecule has 1 heterocycles. The van der Waals surface area contributed by atoms with Crippen molar-refractivity contribution in [1.82, 2.24) is 0 Å². The average Bonchev–Trinajstić information content (AvgIpc) is 3.07. The lowest BCUT2D eigenvalue weighted by Crippen LogP contribution is -2.24. The summed E-state index contributed by atoms with van der Waals surface area (Å²) in [5.41, 5.74) is 1.22. The van der Waals surface area contributed by atoms with Crippen molar-refractivity contribution in [2.75, 3.05) is 0 Å². The number of esters is 1. The molecule has 1 aliphatic carbocycles. The number of aliphatic hydroxyl groups excluding tert-OH is 1. The second-order valence-corrected chi connectivity index (χ2v) is 8.91. The first-order valence-electron chi connectivity index (χ1n) is 8.79. The number of carbonyl (C=O) groups excluding carboxylic acids is 1. The van der Waals surface area contributed by atoms with Crippen molar-refractivity contribution in [2.24, 2.45) is 11.8 Å². The van der Waals surface area contributed by atoms with E-state index in [1.165, 1.54) is 5.56 Å². The van der Waals surface area contributed by atoms with Crippen LogP contribution in [0.15, 0.2) is 42.5 Å². The van der Waals surface area contributed by atoms with Crippen LogP contribution in [0.5, 0.6) is 0 Å². The number of hydrogen-bond donors (Lipinski definition) is 1. The van der Waals surface area contributed by atoms with E-state index in [0.29, 0.717) is 12.8 Å². The zero-order valence-electron chi connectivity index (χ0n) is 14.2. The number of ether oxygens (including phenoxy) is 1. The Morgan fingerprint density at radius 3 is 2.84 bits per heavy atom. The first kappa shape index (κ1) is 19.0. The molecule has 3 rings (SSSR count). The summed E-state index contributed by atoms with van der Waals surface area (Å²) in [7, 11) is 5.22. The number of carbonyl (C=O) groups is 1. The lowest BCUT2D eigenvalue weighted by atomic mass is 9.91. The van der Waals surface area contributed by atoms with Gasteiger partial charge in [-0.2, -0.15) is 0 Å². The summed E-state index contributed by atoms with van der Waals surface area (Å²) < 4.78 is 11.4.